The molecule has 0 atom stereocenters. The van der Waals surface area contributed by atoms with Gasteiger partial charge in [0.1, 0.15) is 11.5 Å². The van der Waals surface area contributed by atoms with Crippen molar-refractivity contribution in [1.82, 2.24) is 5.32 Å². The first-order chi connectivity index (χ1) is 14.5. The van der Waals surface area contributed by atoms with Gasteiger partial charge >= 0.3 is 0 Å². The third-order valence-corrected chi connectivity index (χ3v) is 6.36. The summed E-state index contributed by atoms with van der Waals surface area (Å²) >= 11 is 1.45. The van der Waals surface area contributed by atoms with Crippen LogP contribution in [-0.2, 0) is 16.1 Å². The van der Waals surface area contributed by atoms with Gasteiger partial charge in [-0.25, -0.2) is 0 Å². The molecule has 160 valence electrons. The predicted molar refractivity (Wildman–Crippen MR) is 118 cm³/mol. The highest BCUT2D eigenvalue weighted by Gasteiger charge is 2.18. The minimum absolute atomic E-state index is 0.00947. The number of hydrogen-bond acceptors (Lipinski definition) is 5. The highest BCUT2D eigenvalue weighted by Crippen LogP contribution is 2.26. The number of carbonyl (C=O) groups excluding carboxylic acids is 3. The number of benzene rings is 1. The lowest BCUT2D eigenvalue weighted by molar-refractivity contribution is -0.125. The predicted octanol–water partition coefficient (Wildman–Crippen LogP) is 5.01. The van der Waals surface area contributed by atoms with Crippen molar-refractivity contribution in [3.63, 3.8) is 0 Å². The number of rotatable bonds is 11. The fraction of sp³-hybridized carbons (Fsp3) is 0.458. The zero-order chi connectivity index (χ0) is 21.3. The summed E-state index contributed by atoms with van der Waals surface area (Å²) in [4.78, 5) is 38.1. The molecule has 1 aromatic carbocycles. The molecule has 0 bridgehead atoms. The van der Waals surface area contributed by atoms with Crippen molar-refractivity contribution >= 4 is 28.8 Å². The van der Waals surface area contributed by atoms with E-state index in [1.807, 2.05) is 37.3 Å². The Labute approximate surface area is 181 Å². The van der Waals surface area contributed by atoms with Crippen LogP contribution in [0, 0.1) is 6.92 Å². The molecule has 1 fully saturated rings. The van der Waals surface area contributed by atoms with E-state index in [2.05, 4.69) is 5.32 Å². The highest BCUT2D eigenvalue weighted by atomic mass is 32.1. The Balaban J connectivity index is 1.37. The van der Waals surface area contributed by atoms with E-state index >= 15 is 0 Å². The number of ketones is 2. The van der Waals surface area contributed by atoms with E-state index in [9.17, 15) is 14.4 Å². The summed E-state index contributed by atoms with van der Waals surface area (Å²) in [5.74, 6) is 0.587. The summed E-state index contributed by atoms with van der Waals surface area (Å²) in [6.07, 6.45) is 5.51. The topological polar surface area (TPSA) is 72.5 Å². The number of amides is 1. The summed E-state index contributed by atoms with van der Waals surface area (Å²) < 4.78 is 6.09. The van der Waals surface area contributed by atoms with Crippen LogP contribution < -0.4 is 10.1 Å². The molecule has 1 saturated carbocycles. The van der Waals surface area contributed by atoms with Crippen LogP contribution in [-0.4, -0.2) is 23.6 Å². The molecule has 30 heavy (non-hydrogen) atoms. The van der Waals surface area contributed by atoms with Gasteiger partial charge < -0.3 is 10.1 Å². The normalized spacial score (nSPS) is 13.9. The maximum atomic E-state index is 12.2. The fourth-order valence-corrected chi connectivity index (χ4v) is 4.41. The Morgan fingerprint density at radius 3 is 2.47 bits per heavy atom. The van der Waals surface area contributed by atoms with E-state index in [0.29, 0.717) is 11.4 Å². The maximum Gasteiger partial charge on any atom is 0.220 e. The minimum atomic E-state index is -0.167. The number of Topliss-reactive ketones (excluding diaryl/α,β-unsaturated/α-hetero) is 2. The molecule has 3 rings (SSSR count). The van der Waals surface area contributed by atoms with Crippen molar-refractivity contribution in [2.75, 3.05) is 0 Å². The van der Waals surface area contributed by atoms with E-state index < -0.39 is 0 Å². The molecule has 0 unspecified atom stereocenters. The SMILES string of the molecule is Cc1ccc(C(=O)CCC(=O)CCC(=O)NCc2ccccc2OC2CCCC2)s1. The molecule has 1 aliphatic rings. The number of nitrogens with one attached hydrogen (secondary N) is 1. The van der Waals surface area contributed by atoms with Gasteiger partial charge in [-0.2, -0.15) is 0 Å². The molecule has 0 saturated heterocycles. The van der Waals surface area contributed by atoms with E-state index in [0.717, 1.165) is 29.0 Å². The lowest BCUT2D eigenvalue weighted by Gasteiger charge is -2.16. The maximum absolute atomic E-state index is 12.2. The van der Waals surface area contributed by atoms with Crippen LogP contribution >= 0.6 is 11.3 Å². The largest absolute Gasteiger partial charge is 0.490 e. The Morgan fingerprint density at radius 2 is 1.73 bits per heavy atom. The molecule has 0 radical (unpaired) electrons. The lowest BCUT2D eigenvalue weighted by Crippen LogP contribution is -2.24. The summed E-state index contributed by atoms with van der Waals surface area (Å²) in [7, 11) is 0. The van der Waals surface area contributed by atoms with Crippen molar-refractivity contribution in [1.29, 1.82) is 0 Å². The average molecular weight is 428 g/mol. The van der Waals surface area contributed by atoms with Crippen LogP contribution in [0.5, 0.6) is 5.75 Å². The van der Waals surface area contributed by atoms with Crippen molar-refractivity contribution in [3.8, 4) is 5.75 Å². The molecule has 2 aromatic rings. The Kier molecular flexibility index (Phi) is 8.20. The van der Waals surface area contributed by atoms with Gasteiger partial charge in [0.15, 0.2) is 5.78 Å². The van der Waals surface area contributed by atoms with Crippen LogP contribution in [0.4, 0.5) is 0 Å². The number of para-hydroxylation sites is 1. The second-order valence-electron chi connectivity index (χ2n) is 7.78. The zero-order valence-corrected chi connectivity index (χ0v) is 18.3. The van der Waals surface area contributed by atoms with Gasteiger partial charge in [0.2, 0.25) is 5.91 Å². The minimum Gasteiger partial charge on any atom is -0.490 e. The summed E-state index contributed by atoms with van der Waals surface area (Å²) in [5, 5.41) is 2.88. The third-order valence-electron chi connectivity index (χ3n) is 5.32. The second-order valence-corrected chi connectivity index (χ2v) is 9.07. The van der Waals surface area contributed by atoms with Crippen LogP contribution in [0.1, 0.15) is 71.5 Å². The molecule has 1 aliphatic carbocycles. The summed E-state index contributed by atoms with van der Waals surface area (Å²) in [5.41, 5.74) is 0.945. The first-order valence-electron chi connectivity index (χ1n) is 10.6. The molecular formula is C24H29NO4S. The average Bonchev–Trinajstić information content (AvgIpc) is 3.41. The molecule has 5 nitrogen and oxygen atoms in total. The molecule has 0 aliphatic heterocycles. The van der Waals surface area contributed by atoms with Gasteiger partial charge in [-0.15, -0.1) is 11.3 Å². The van der Waals surface area contributed by atoms with E-state index in [1.54, 1.807) is 6.07 Å². The molecule has 6 heteroatoms. The Hall–Kier alpha value is -2.47. The van der Waals surface area contributed by atoms with Gasteiger partial charge in [0.05, 0.1) is 11.0 Å². The first-order valence-corrected chi connectivity index (χ1v) is 11.5. The van der Waals surface area contributed by atoms with Gasteiger partial charge in [-0.1, -0.05) is 18.2 Å². The lowest BCUT2D eigenvalue weighted by atomic mass is 10.1. The molecular weight excluding hydrogens is 398 g/mol. The number of ether oxygens (including phenoxy) is 1. The van der Waals surface area contributed by atoms with Crippen LogP contribution in [0.3, 0.4) is 0 Å². The number of carbonyl (C=O) groups is 3. The highest BCUT2D eigenvalue weighted by molar-refractivity contribution is 7.14. The second kappa shape index (κ2) is 11.1. The van der Waals surface area contributed by atoms with Crippen molar-refractivity contribution in [2.45, 2.75) is 70.9 Å². The molecule has 1 aromatic heterocycles. The van der Waals surface area contributed by atoms with Crippen LogP contribution in [0.25, 0.3) is 0 Å². The molecule has 0 spiro atoms. The summed E-state index contributed by atoms with van der Waals surface area (Å²) in [6.45, 7) is 2.33. The standard InChI is InChI=1S/C24H29NO4S/c1-17-10-14-23(30-17)21(27)13-11-19(26)12-15-24(28)25-16-18-6-2-5-9-22(18)29-20-7-3-4-8-20/h2,5-6,9-10,14,20H,3-4,7-8,11-13,15-16H2,1H3,(H,25,28). The van der Waals surface area contributed by atoms with Crippen LogP contribution in [0.15, 0.2) is 36.4 Å². The van der Waals surface area contributed by atoms with Gasteiger partial charge in [0, 0.05) is 42.7 Å². The van der Waals surface area contributed by atoms with Gasteiger partial charge in [-0.3, -0.25) is 14.4 Å². The fourth-order valence-electron chi connectivity index (χ4n) is 3.57. The smallest absolute Gasteiger partial charge is 0.220 e. The van der Waals surface area contributed by atoms with Crippen molar-refractivity contribution < 1.29 is 19.1 Å². The monoisotopic (exact) mass is 427 g/mol. The van der Waals surface area contributed by atoms with Gasteiger partial charge in [0.25, 0.3) is 0 Å². The van der Waals surface area contributed by atoms with Gasteiger partial charge in [-0.05, 0) is 50.8 Å². The molecule has 1 amide bonds. The molecule has 1 heterocycles. The quantitative estimate of drug-likeness (QED) is 0.512. The van der Waals surface area contributed by atoms with Crippen LogP contribution in [0.2, 0.25) is 0 Å². The number of hydrogen-bond donors (Lipinski definition) is 1. The Morgan fingerprint density at radius 1 is 1.00 bits per heavy atom. The van der Waals surface area contributed by atoms with Crippen molar-refractivity contribution in [2.24, 2.45) is 0 Å². The Bertz CT molecular complexity index is 883. The summed E-state index contributed by atoms with van der Waals surface area (Å²) in [6, 6.07) is 11.5. The first kappa shape index (κ1) is 22.2. The number of thiophene rings is 1. The number of aryl methyl sites for hydroxylation is 1. The van der Waals surface area contributed by atoms with E-state index in [1.165, 1.54) is 24.2 Å². The van der Waals surface area contributed by atoms with E-state index in [4.69, 9.17) is 4.74 Å². The van der Waals surface area contributed by atoms with Crippen molar-refractivity contribution in [3.05, 3.63) is 51.7 Å². The third kappa shape index (κ3) is 6.80. The molecule has 1 N–H and O–H groups in total. The zero-order valence-electron chi connectivity index (χ0n) is 17.4. The van der Waals surface area contributed by atoms with E-state index in [-0.39, 0.29) is 49.3 Å².